The molecular weight excluding hydrogens is 520 g/mol. The van der Waals surface area contributed by atoms with E-state index in [1.165, 1.54) is 24.7 Å². The molecular formula is C18H12BCl5N6O2. The summed E-state index contributed by atoms with van der Waals surface area (Å²) in [6.45, 7) is 0. The molecule has 0 bridgehead atoms. The van der Waals surface area contributed by atoms with Crippen LogP contribution in [0.2, 0.25) is 25.5 Å². The van der Waals surface area contributed by atoms with Crippen LogP contribution in [0.5, 0.6) is 0 Å². The van der Waals surface area contributed by atoms with Crippen LogP contribution in [0.1, 0.15) is 0 Å². The minimum absolute atomic E-state index is 0.159. The van der Waals surface area contributed by atoms with E-state index >= 15 is 0 Å². The van der Waals surface area contributed by atoms with Gasteiger partial charge in [0.1, 0.15) is 15.5 Å². The van der Waals surface area contributed by atoms with E-state index in [1.807, 2.05) is 0 Å². The van der Waals surface area contributed by atoms with Gasteiger partial charge in [-0.1, -0.05) is 58.0 Å². The number of hydrogen-bond donors (Lipinski definition) is 2. The van der Waals surface area contributed by atoms with E-state index in [2.05, 4.69) is 29.9 Å². The third-order valence-electron chi connectivity index (χ3n) is 3.32. The Kier molecular flexibility index (Phi) is 11.0. The molecule has 0 spiro atoms. The van der Waals surface area contributed by atoms with Crippen LogP contribution in [-0.2, 0) is 0 Å². The number of pyridine rings is 2. The average Bonchev–Trinajstić information content (AvgIpc) is 2.79. The lowest BCUT2D eigenvalue weighted by atomic mass is 9.81. The highest BCUT2D eigenvalue weighted by Crippen LogP contribution is 2.26. The lowest BCUT2D eigenvalue weighted by Crippen LogP contribution is -2.30. The highest BCUT2D eigenvalue weighted by molar-refractivity contribution is 6.63. The molecule has 0 aromatic carbocycles. The van der Waals surface area contributed by atoms with Gasteiger partial charge in [-0.3, -0.25) is 15.0 Å². The maximum Gasteiger partial charge on any atom is 0.490 e. The van der Waals surface area contributed by atoms with Crippen LogP contribution in [0, 0.1) is 0 Å². The highest BCUT2D eigenvalue weighted by Gasteiger charge is 2.15. The first-order valence-corrected chi connectivity index (χ1v) is 10.3. The molecule has 0 amide bonds. The van der Waals surface area contributed by atoms with Crippen molar-refractivity contribution in [3.05, 3.63) is 87.2 Å². The van der Waals surface area contributed by atoms with Crippen molar-refractivity contribution in [3.63, 3.8) is 0 Å². The van der Waals surface area contributed by atoms with Crippen molar-refractivity contribution in [2.24, 2.45) is 0 Å². The van der Waals surface area contributed by atoms with Crippen LogP contribution in [0.15, 0.2) is 61.7 Å². The van der Waals surface area contributed by atoms with E-state index in [1.54, 1.807) is 37.1 Å². The molecule has 0 saturated carbocycles. The molecule has 0 atom stereocenters. The Labute approximate surface area is 208 Å². The molecule has 4 rings (SSSR count). The van der Waals surface area contributed by atoms with Crippen molar-refractivity contribution in [1.29, 1.82) is 0 Å². The Bertz CT molecular complexity index is 1130. The molecule has 0 aliphatic rings. The Hall–Kier alpha value is -2.11. The summed E-state index contributed by atoms with van der Waals surface area (Å²) in [4.78, 5) is 22.9. The summed E-state index contributed by atoms with van der Waals surface area (Å²) in [6.07, 6.45) is 12.2. The first-order valence-electron chi connectivity index (χ1n) is 8.44. The molecule has 4 heterocycles. The summed E-state index contributed by atoms with van der Waals surface area (Å²) in [5, 5.41) is 19.1. The van der Waals surface area contributed by atoms with Gasteiger partial charge in [-0.15, -0.1) is 0 Å². The minimum Gasteiger partial charge on any atom is -0.423 e. The van der Waals surface area contributed by atoms with Gasteiger partial charge in [0.25, 0.3) is 0 Å². The maximum absolute atomic E-state index is 8.71. The quantitative estimate of drug-likeness (QED) is 0.294. The van der Waals surface area contributed by atoms with Gasteiger partial charge in [-0.05, 0) is 12.1 Å². The topological polar surface area (TPSA) is 118 Å². The molecule has 4 aromatic rings. The Balaban J connectivity index is 0.000000180. The van der Waals surface area contributed by atoms with Crippen molar-refractivity contribution in [2.45, 2.75) is 0 Å². The second kappa shape index (κ2) is 13.4. The Morgan fingerprint density at radius 1 is 0.594 bits per heavy atom. The number of halogens is 5. The molecule has 0 aliphatic heterocycles. The smallest absolute Gasteiger partial charge is 0.423 e. The van der Waals surface area contributed by atoms with E-state index in [0.29, 0.717) is 21.0 Å². The summed E-state index contributed by atoms with van der Waals surface area (Å²) < 4.78 is 0. The minimum atomic E-state index is -1.61. The molecule has 4 aromatic heterocycles. The predicted octanol–water partition coefficient (Wildman–Crippen LogP) is 4.04. The second-order valence-electron chi connectivity index (χ2n) is 5.51. The Morgan fingerprint density at radius 2 is 1.19 bits per heavy atom. The van der Waals surface area contributed by atoms with E-state index in [0.717, 1.165) is 5.56 Å². The predicted molar refractivity (Wildman–Crippen MR) is 126 cm³/mol. The molecule has 0 saturated heterocycles. The first-order chi connectivity index (χ1) is 15.3. The molecule has 0 unspecified atom stereocenters. The Morgan fingerprint density at radius 3 is 1.66 bits per heavy atom. The van der Waals surface area contributed by atoms with Gasteiger partial charge in [0, 0.05) is 48.2 Å². The third kappa shape index (κ3) is 8.80. The molecule has 32 heavy (non-hydrogen) atoms. The van der Waals surface area contributed by atoms with Gasteiger partial charge < -0.3 is 10.0 Å². The summed E-state index contributed by atoms with van der Waals surface area (Å²) in [5.41, 5.74) is 1.58. The van der Waals surface area contributed by atoms with E-state index < -0.39 is 7.12 Å². The fraction of sp³-hybridized carbons (Fsp3) is 0. The SMILES string of the molecule is Clc1cc(-c2cnccn2)c(Cl)cn1.Clc1cnccn1.OB(O)c1cc(Cl)ncc1Cl. The lowest BCUT2D eigenvalue weighted by Gasteiger charge is -2.01. The molecule has 0 aliphatic carbocycles. The van der Waals surface area contributed by atoms with Gasteiger partial charge in [-0.25, -0.2) is 15.0 Å². The number of rotatable bonds is 2. The van der Waals surface area contributed by atoms with E-state index in [-0.39, 0.29) is 15.6 Å². The molecule has 8 nitrogen and oxygen atoms in total. The van der Waals surface area contributed by atoms with E-state index in [4.69, 9.17) is 68.1 Å². The third-order valence-corrected chi connectivity index (χ3v) is 4.55. The van der Waals surface area contributed by atoms with Gasteiger partial charge in [0.2, 0.25) is 0 Å². The molecule has 2 N–H and O–H groups in total. The summed E-state index contributed by atoms with van der Waals surface area (Å²) in [7, 11) is -1.61. The standard InChI is InChI=1S/C9H5Cl2N3.C5H4BCl2NO2.C4H3ClN2/c10-7-4-14-9(11)3-6(7)8-5-12-1-2-13-8;7-4-2-9-5(8)1-3(4)6(10)11;5-4-3-6-1-2-7-4/h1-5H;1-2,10-11H;1-3H. The van der Waals surface area contributed by atoms with Gasteiger partial charge in [0.15, 0.2) is 0 Å². The normalized spacial score (nSPS) is 9.72. The monoisotopic (exact) mass is 530 g/mol. The fourth-order valence-electron chi connectivity index (χ4n) is 1.95. The van der Waals surface area contributed by atoms with Crippen LogP contribution in [0.3, 0.4) is 0 Å². The van der Waals surface area contributed by atoms with E-state index in [9.17, 15) is 0 Å². The summed E-state index contributed by atoms with van der Waals surface area (Å²) in [6, 6.07) is 2.96. The van der Waals surface area contributed by atoms with Crippen LogP contribution in [-0.4, -0.2) is 47.1 Å². The second-order valence-corrected chi connectivity index (χ2v) is 7.48. The van der Waals surface area contributed by atoms with Crippen molar-refractivity contribution in [3.8, 4) is 11.3 Å². The zero-order valence-electron chi connectivity index (χ0n) is 15.8. The van der Waals surface area contributed by atoms with Gasteiger partial charge in [-0.2, -0.15) is 0 Å². The van der Waals surface area contributed by atoms with Crippen LogP contribution in [0.25, 0.3) is 11.3 Å². The van der Waals surface area contributed by atoms with Crippen LogP contribution < -0.4 is 5.46 Å². The van der Waals surface area contributed by atoms with Gasteiger partial charge >= 0.3 is 7.12 Å². The van der Waals surface area contributed by atoms with Gasteiger partial charge in [0.05, 0.1) is 28.1 Å². The fourth-order valence-corrected chi connectivity index (χ4v) is 2.79. The largest absolute Gasteiger partial charge is 0.490 e. The zero-order chi connectivity index (χ0) is 23.5. The number of aromatic nitrogens is 6. The van der Waals surface area contributed by atoms with Crippen molar-refractivity contribution in [1.82, 2.24) is 29.9 Å². The maximum atomic E-state index is 8.71. The summed E-state index contributed by atoms with van der Waals surface area (Å²) >= 11 is 28.1. The van der Waals surface area contributed by atoms with Crippen molar-refractivity contribution < 1.29 is 10.0 Å². The zero-order valence-corrected chi connectivity index (χ0v) is 19.6. The molecule has 14 heteroatoms. The van der Waals surface area contributed by atoms with Crippen LogP contribution >= 0.6 is 58.0 Å². The highest BCUT2D eigenvalue weighted by atomic mass is 35.5. The van der Waals surface area contributed by atoms with Crippen LogP contribution in [0.4, 0.5) is 0 Å². The molecule has 0 fully saturated rings. The summed E-state index contributed by atoms with van der Waals surface area (Å²) in [5.74, 6) is 0. The lowest BCUT2D eigenvalue weighted by molar-refractivity contribution is 0.426. The molecule has 164 valence electrons. The first kappa shape index (κ1) is 26.1. The number of hydrogen-bond acceptors (Lipinski definition) is 8. The number of nitrogens with zero attached hydrogens (tertiary/aromatic N) is 6. The average molecular weight is 532 g/mol. The van der Waals surface area contributed by atoms with Crippen molar-refractivity contribution in [2.75, 3.05) is 0 Å². The van der Waals surface area contributed by atoms with Crippen molar-refractivity contribution >= 4 is 70.6 Å². The molecule has 0 radical (unpaired) electrons.